The number of ether oxygens (including phenoxy) is 2. The van der Waals surface area contributed by atoms with Gasteiger partial charge in [-0.3, -0.25) is 14.6 Å². The van der Waals surface area contributed by atoms with Gasteiger partial charge in [0.1, 0.15) is 11.5 Å². The highest BCUT2D eigenvalue weighted by atomic mass is 16.5. The SMILES string of the molecule is COc1ccc([C@@H]2CN(C(=O)Cc3ccccc3)C[C@@H]2C(=O)NCc2ccccn2)c(OC)c1. The van der Waals surface area contributed by atoms with Crippen LogP contribution in [0.15, 0.2) is 72.9 Å². The van der Waals surface area contributed by atoms with Crippen LogP contribution in [0.4, 0.5) is 0 Å². The lowest BCUT2D eigenvalue weighted by Crippen LogP contribution is -2.35. The summed E-state index contributed by atoms with van der Waals surface area (Å²) in [6, 6.07) is 20.8. The zero-order valence-corrected chi connectivity index (χ0v) is 19.4. The van der Waals surface area contributed by atoms with E-state index in [1.807, 2.05) is 66.7 Å². The van der Waals surface area contributed by atoms with Gasteiger partial charge in [0.05, 0.1) is 38.8 Å². The Morgan fingerprint density at radius 3 is 2.50 bits per heavy atom. The van der Waals surface area contributed by atoms with Crippen LogP contribution in [0.3, 0.4) is 0 Å². The summed E-state index contributed by atoms with van der Waals surface area (Å²) in [4.78, 5) is 32.5. The fourth-order valence-electron chi connectivity index (χ4n) is 4.41. The Kier molecular flexibility index (Phi) is 7.42. The van der Waals surface area contributed by atoms with Gasteiger partial charge in [0.2, 0.25) is 11.8 Å². The second kappa shape index (κ2) is 10.8. The summed E-state index contributed by atoms with van der Waals surface area (Å²) in [5.41, 5.74) is 2.62. The molecule has 0 spiro atoms. The zero-order valence-electron chi connectivity index (χ0n) is 19.4. The molecule has 0 radical (unpaired) electrons. The van der Waals surface area contributed by atoms with Crippen LogP contribution in [-0.4, -0.2) is 49.0 Å². The minimum Gasteiger partial charge on any atom is -0.497 e. The van der Waals surface area contributed by atoms with Gasteiger partial charge in [-0.15, -0.1) is 0 Å². The van der Waals surface area contributed by atoms with Crippen molar-refractivity contribution < 1.29 is 19.1 Å². The van der Waals surface area contributed by atoms with Crippen LogP contribution in [0, 0.1) is 5.92 Å². The number of hydrogen-bond acceptors (Lipinski definition) is 5. The summed E-state index contributed by atoms with van der Waals surface area (Å²) in [6.45, 7) is 1.12. The standard InChI is InChI=1S/C27H29N3O4/c1-33-21-11-12-22(25(15-21)34-2)23-17-30(26(31)14-19-8-4-3-5-9-19)18-24(23)27(32)29-16-20-10-6-7-13-28-20/h3-13,15,23-24H,14,16-18H2,1-2H3,(H,29,32)/t23-,24-/m0/s1. The number of hydrogen-bond donors (Lipinski definition) is 1. The van der Waals surface area contributed by atoms with E-state index >= 15 is 0 Å². The molecule has 1 aliphatic heterocycles. The van der Waals surface area contributed by atoms with Gasteiger partial charge in [0.15, 0.2) is 0 Å². The molecule has 4 rings (SSSR count). The highest BCUT2D eigenvalue weighted by Crippen LogP contribution is 2.39. The van der Waals surface area contributed by atoms with Crippen LogP contribution in [0.25, 0.3) is 0 Å². The van der Waals surface area contributed by atoms with Gasteiger partial charge >= 0.3 is 0 Å². The molecular formula is C27H29N3O4. The van der Waals surface area contributed by atoms with Crippen LogP contribution in [0.2, 0.25) is 0 Å². The van der Waals surface area contributed by atoms with Crippen LogP contribution in [-0.2, 0) is 22.6 Å². The number of nitrogens with one attached hydrogen (secondary N) is 1. The van der Waals surface area contributed by atoms with E-state index in [0.717, 1.165) is 16.8 Å². The van der Waals surface area contributed by atoms with Crippen molar-refractivity contribution in [2.75, 3.05) is 27.3 Å². The van der Waals surface area contributed by atoms with Crippen LogP contribution in [0.1, 0.15) is 22.7 Å². The van der Waals surface area contributed by atoms with Crippen LogP contribution in [0.5, 0.6) is 11.5 Å². The minimum absolute atomic E-state index is 0.00343. The first-order chi connectivity index (χ1) is 16.6. The molecule has 2 aromatic carbocycles. The molecule has 2 amide bonds. The fourth-order valence-corrected chi connectivity index (χ4v) is 4.41. The van der Waals surface area contributed by atoms with E-state index in [1.165, 1.54) is 0 Å². The van der Waals surface area contributed by atoms with E-state index in [0.29, 0.717) is 37.6 Å². The lowest BCUT2D eigenvalue weighted by molar-refractivity contribution is -0.130. The van der Waals surface area contributed by atoms with Crippen molar-refractivity contribution >= 4 is 11.8 Å². The average molecular weight is 460 g/mol. The molecule has 0 bridgehead atoms. The first-order valence-electron chi connectivity index (χ1n) is 11.3. The Morgan fingerprint density at radius 1 is 1.00 bits per heavy atom. The molecule has 1 aromatic heterocycles. The average Bonchev–Trinajstić information content (AvgIpc) is 3.33. The maximum absolute atomic E-state index is 13.3. The zero-order chi connectivity index (χ0) is 23.9. The Hall–Kier alpha value is -3.87. The van der Waals surface area contributed by atoms with E-state index < -0.39 is 5.92 Å². The molecule has 0 saturated carbocycles. The molecule has 1 fully saturated rings. The number of amides is 2. The van der Waals surface area contributed by atoms with Gasteiger partial charge in [0, 0.05) is 36.8 Å². The Morgan fingerprint density at radius 2 is 1.79 bits per heavy atom. The monoisotopic (exact) mass is 459 g/mol. The fraction of sp³-hybridized carbons (Fsp3) is 0.296. The largest absolute Gasteiger partial charge is 0.497 e. The summed E-state index contributed by atoms with van der Waals surface area (Å²) >= 11 is 0. The van der Waals surface area contributed by atoms with Crippen LogP contribution < -0.4 is 14.8 Å². The Bertz CT molecular complexity index is 1120. The molecule has 0 unspecified atom stereocenters. The predicted molar refractivity (Wildman–Crippen MR) is 129 cm³/mol. The lowest BCUT2D eigenvalue weighted by atomic mass is 9.87. The van der Waals surface area contributed by atoms with Crippen LogP contribution >= 0.6 is 0 Å². The van der Waals surface area contributed by atoms with Crippen molar-refractivity contribution in [1.82, 2.24) is 15.2 Å². The van der Waals surface area contributed by atoms with Crippen molar-refractivity contribution in [2.24, 2.45) is 5.92 Å². The van der Waals surface area contributed by atoms with Crippen molar-refractivity contribution in [2.45, 2.75) is 18.9 Å². The summed E-state index contributed by atoms with van der Waals surface area (Å²) in [5.74, 6) is 0.596. The first-order valence-corrected chi connectivity index (χ1v) is 11.3. The van der Waals surface area contributed by atoms with E-state index in [9.17, 15) is 9.59 Å². The van der Waals surface area contributed by atoms with Crippen molar-refractivity contribution in [3.63, 3.8) is 0 Å². The molecule has 1 saturated heterocycles. The third-order valence-electron chi connectivity index (χ3n) is 6.22. The molecule has 176 valence electrons. The summed E-state index contributed by atoms with van der Waals surface area (Å²) in [7, 11) is 3.20. The van der Waals surface area contributed by atoms with Gasteiger partial charge in [-0.1, -0.05) is 42.5 Å². The molecule has 3 aromatic rings. The molecule has 1 aliphatic rings. The normalized spacial score (nSPS) is 17.3. The van der Waals surface area contributed by atoms with E-state index in [1.54, 1.807) is 25.3 Å². The third kappa shape index (κ3) is 5.36. The summed E-state index contributed by atoms with van der Waals surface area (Å²) in [5, 5.41) is 3.00. The maximum Gasteiger partial charge on any atom is 0.227 e. The molecule has 0 aliphatic carbocycles. The number of pyridine rings is 1. The molecule has 1 N–H and O–H groups in total. The number of benzene rings is 2. The lowest BCUT2D eigenvalue weighted by Gasteiger charge is -2.21. The smallest absolute Gasteiger partial charge is 0.227 e. The number of aromatic nitrogens is 1. The van der Waals surface area contributed by atoms with Crippen molar-refractivity contribution in [1.29, 1.82) is 0 Å². The first kappa shape index (κ1) is 23.3. The third-order valence-corrected chi connectivity index (χ3v) is 6.22. The quantitative estimate of drug-likeness (QED) is 0.560. The number of carbonyl (C=O) groups excluding carboxylic acids is 2. The second-order valence-corrected chi connectivity index (χ2v) is 8.32. The maximum atomic E-state index is 13.3. The minimum atomic E-state index is -0.411. The highest BCUT2D eigenvalue weighted by Gasteiger charge is 2.41. The van der Waals surface area contributed by atoms with Crippen molar-refractivity contribution in [3.8, 4) is 11.5 Å². The molecule has 7 nitrogen and oxygen atoms in total. The molecule has 2 heterocycles. The molecule has 7 heteroatoms. The number of rotatable bonds is 8. The van der Waals surface area contributed by atoms with Gasteiger partial charge in [-0.05, 0) is 23.8 Å². The predicted octanol–water partition coefficient (Wildman–Crippen LogP) is 3.20. The van der Waals surface area contributed by atoms with E-state index in [2.05, 4.69) is 10.3 Å². The van der Waals surface area contributed by atoms with Gasteiger partial charge in [-0.2, -0.15) is 0 Å². The number of likely N-dealkylation sites (tertiary alicyclic amines) is 1. The number of carbonyl (C=O) groups is 2. The summed E-state index contributed by atoms with van der Waals surface area (Å²) in [6.07, 6.45) is 2.00. The highest BCUT2D eigenvalue weighted by molar-refractivity contribution is 5.84. The molecule has 34 heavy (non-hydrogen) atoms. The number of methoxy groups -OCH3 is 2. The summed E-state index contributed by atoms with van der Waals surface area (Å²) < 4.78 is 11.0. The topological polar surface area (TPSA) is 80.8 Å². The van der Waals surface area contributed by atoms with Gasteiger partial charge in [0.25, 0.3) is 0 Å². The van der Waals surface area contributed by atoms with E-state index in [4.69, 9.17) is 9.47 Å². The molecule has 2 atom stereocenters. The molecular weight excluding hydrogens is 430 g/mol. The Labute approximate surface area is 199 Å². The Balaban J connectivity index is 1.56. The second-order valence-electron chi connectivity index (χ2n) is 8.32. The van der Waals surface area contributed by atoms with Gasteiger partial charge in [-0.25, -0.2) is 0 Å². The van der Waals surface area contributed by atoms with E-state index in [-0.39, 0.29) is 17.7 Å². The van der Waals surface area contributed by atoms with Gasteiger partial charge < -0.3 is 19.7 Å². The van der Waals surface area contributed by atoms with Crippen molar-refractivity contribution in [3.05, 3.63) is 89.7 Å². The number of nitrogens with zero attached hydrogens (tertiary/aromatic N) is 2.